The molecule has 1 fully saturated rings. The number of hydrogen-bond donors (Lipinski definition) is 2. The van der Waals surface area contributed by atoms with E-state index in [1.165, 1.54) is 18.3 Å². The Hall–Kier alpha value is -1.95. The molecule has 108 valence electrons. The van der Waals surface area contributed by atoms with E-state index in [1.807, 2.05) is 0 Å². The van der Waals surface area contributed by atoms with Crippen LogP contribution in [0.3, 0.4) is 0 Å². The maximum absolute atomic E-state index is 12.1. The average molecular weight is 277 g/mol. The van der Waals surface area contributed by atoms with E-state index in [2.05, 4.69) is 22.1 Å². The molecule has 6 heteroatoms. The summed E-state index contributed by atoms with van der Waals surface area (Å²) < 4.78 is 0. The molecule has 1 aliphatic rings. The second-order valence-corrected chi connectivity index (χ2v) is 4.84. The number of carbonyl (C=O) groups is 2. The number of carboxylic acid groups (broad SMARTS) is 1. The molecule has 20 heavy (non-hydrogen) atoms. The summed E-state index contributed by atoms with van der Waals surface area (Å²) in [4.78, 5) is 29.3. The predicted octanol–water partition coefficient (Wildman–Crippen LogP) is 0.994. The van der Waals surface area contributed by atoms with Crippen LogP contribution in [0.25, 0.3) is 0 Å². The van der Waals surface area contributed by atoms with Gasteiger partial charge in [0.05, 0.1) is 5.56 Å². The van der Waals surface area contributed by atoms with E-state index in [0.29, 0.717) is 12.6 Å². The monoisotopic (exact) mass is 277 g/mol. The van der Waals surface area contributed by atoms with E-state index in [1.54, 1.807) is 0 Å². The lowest BCUT2D eigenvalue weighted by atomic mass is 10.1. The van der Waals surface area contributed by atoms with E-state index in [0.717, 1.165) is 25.9 Å². The molecule has 1 aromatic heterocycles. The lowest BCUT2D eigenvalue weighted by molar-refractivity contribution is 0.0689. The largest absolute Gasteiger partial charge is 0.478 e. The van der Waals surface area contributed by atoms with Crippen LogP contribution in [0.15, 0.2) is 18.3 Å². The van der Waals surface area contributed by atoms with Crippen molar-refractivity contribution >= 4 is 11.9 Å². The molecule has 2 heterocycles. The van der Waals surface area contributed by atoms with Crippen LogP contribution in [-0.4, -0.2) is 52.5 Å². The molecule has 0 saturated carbocycles. The van der Waals surface area contributed by atoms with Gasteiger partial charge in [0.25, 0.3) is 5.91 Å². The minimum atomic E-state index is -1.14. The zero-order valence-corrected chi connectivity index (χ0v) is 11.5. The van der Waals surface area contributed by atoms with Crippen molar-refractivity contribution in [2.45, 2.75) is 25.8 Å². The number of aromatic nitrogens is 1. The van der Waals surface area contributed by atoms with E-state index in [9.17, 15) is 9.59 Å². The van der Waals surface area contributed by atoms with Crippen molar-refractivity contribution < 1.29 is 14.7 Å². The fourth-order valence-electron chi connectivity index (χ4n) is 2.60. The molecular weight excluding hydrogens is 258 g/mol. The Kier molecular flexibility index (Phi) is 4.68. The molecule has 6 nitrogen and oxygen atoms in total. The second-order valence-electron chi connectivity index (χ2n) is 4.84. The third-order valence-electron chi connectivity index (χ3n) is 3.66. The molecule has 1 amide bonds. The van der Waals surface area contributed by atoms with Crippen molar-refractivity contribution in [3.05, 3.63) is 29.6 Å². The SMILES string of the molecule is CCN1CCCC1CNC(=O)c1ncccc1C(=O)O. The van der Waals surface area contributed by atoms with Crippen LogP contribution in [0.4, 0.5) is 0 Å². The van der Waals surface area contributed by atoms with Gasteiger partial charge in [-0.15, -0.1) is 0 Å². The lowest BCUT2D eigenvalue weighted by Gasteiger charge is -2.22. The number of nitrogens with one attached hydrogen (secondary N) is 1. The maximum Gasteiger partial charge on any atom is 0.338 e. The summed E-state index contributed by atoms with van der Waals surface area (Å²) in [5.74, 6) is -1.56. The van der Waals surface area contributed by atoms with E-state index in [4.69, 9.17) is 5.11 Å². The predicted molar refractivity (Wildman–Crippen MR) is 73.8 cm³/mol. The van der Waals surface area contributed by atoms with Crippen LogP contribution in [0.5, 0.6) is 0 Å². The lowest BCUT2D eigenvalue weighted by Crippen LogP contribution is -2.40. The standard InChI is InChI=1S/C14H19N3O3/c1-2-17-8-4-5-10(17)9-16-13(18)12-11(14(19)20)6-3-7-15-12/h3,6-7,10H,2,4-5,8-9H2,1H3,(H,16,18)(H,19,20). The van der Waals surface area contributed by atoms with Gasteiger partial charge < -0.3 is 10.4 Å². The highest BCUT2D eigenvalue weighted by atomic mass is 16.4. The summed E-state index contributed by atoms with van der Waals surface area (Å²) >= 11 is 0. The minimum absolute atomic E-state index is 0.0268. The van der Waals surface area contributed by atoms with Gasteiger partial charge in [-0.2, -0.15) is 0 Å². The van der Waals surface area contributed by atoms with Gasteiger partial charge in [0, 0.05) is 18.8 Å². The van der Waals surface area contributed by atoms with Crippen LogP contribution < -0.4 is 5.32 Å². The number of likely N-dealkylation sites (N-methyl/N-ethyl adjacent to an activating group) is 1. The fraction of sp³-hybridized carbons (Fsp3) is 0.500. The first kappa shape index (κ1) is 14.5. The van der Waals surface area contributed by atoms with Gasteiger partial charge >= 0.3 is 5.97 Å². The summed E-state index contributed by atoms with van der Waals surface area (Å²) in [6.45, 7) is 4.65. The Labute approximate surface area is 117 Å². The molecule has 0 aromatic carbocycles. The molecule has 1 saturated heterocycles. The van der Waals surface area contributed by atoms with Crippen LogP contribution in [-0.2, 0) is 0 Å². The third kappa shape index (κ3) is 3.14. The zero-order valence-electron chi connectivity index (χ0n) is 11.5. The quantitative estimate of drug-likeness (QED) is 0.839. The topological polar surface area (TPSA) is 82.5 Å². The van der Waals surface area contributed by atoms with Gasteiger partial charge in [0.2, 0.25) is 0 Å². The summed E-state index contributed by atoms with van der Waals surface area (Å²) in [6, 6.07) is 3.23. The summed E-state index contributed by atoms with van der Waals surface area (Å²) in [7, 11) is 0. The maximum atomic E-state index is 12.1. The third-order valence-corrected chi connectivity index (χ3v) is 3.66. The van der Waals surface area contributed by atoms with Gasteiger partial charge in [0.15, 0.2) is 0 Å². The van der Waals surface area contributed by atoms with Crippen molar-refractivity contribution in [1.82, 2.24) is 15.2 Å². The second kappa shape index (κ2) is 6.47. The normalized spacial score (nSPS) is 18.9. The van der Waals surface area contributed by atoms with Gasteiger partial charge in [-0.25, -0.2) is 4.79 Å². The van der Waals surface area contributed by atoms with Crippen molar-refractivity contribution in [1.29, 1.82) is 0 Å². The Bertz CT molecular complexity index is 504. The molecular formula is C14H19N3O3. The molecule has 2 N–H and O–H groups in total. The molecule has 0 spiro atoms. The van der Waals surface area contributed by atoms with Crippen LogP contribution in [0, 0.1) is 0 Å². The number of carbonyl (C=O) groups excluding carboxylic acids is 1. The van der Waals surface area contributed by atoms with E-state index < -0.39 is 11.9 Å². The molecule has 0 radical (unpaired) electrons. The van der Waals surface area contributed by atoms with Crippen molar-refractivity contribution in [3.8, 4) is 0 Å². The highest BCUT2D eigenvalue weighted by molar-refractivity contribution is 6.03. The Morgan fingerprint density at radius 2 is 2.35 bits per heavy atom. The average Bonchev–Trinajstić information content (AvgIpc) is 2.92. The zero-order chi connectivity index (χ0) is 14.5. The molecule has 0 aliphatic carbocycles. The molecule has 0 bridgehead atoms. The Balaban J connectivity index is 2.00. The van der Waals surface area contributed by atoms with Crippen molar-refractivity contribution in [2.75, 3.05) is 19.6 Å². The van der Waals surface area contributed by atoms with Crippen LogP contribution >= 0.6 is 0 Å². The summed E-state index contributed by atoms with van der Waals surface area (Å²) in [5.41, 5.74) is -0.0928. The van der Waals surface area contributed by atoms with E-state index >= 15 is 0 Å². The number of rotatable bonds is 5. The van der Waals surface area contributed by atoms with Gasteiger partial charge in [-0.3, -0.25) is 14.7 Å². The number of pyridine rings is 1. The van der Waals surface area contributed by atoms with Crippen LogP contribution in [0.1, 0.15) is 40.6 Å². The van der Waals surface area contributed by atoms with E-state index in [-0.39, 0.29) is 11.3 Å². The first-order chi connectivity index (χ1) is 9.63. The highest BCUT2D eigenvalue weighted by Crippen LogP contribution is 2.15. The first-order valence-corrected chi connectivity index (χ1v) is 6.84. The van der Waals surface area contributed by atoms with Crippen molar-refractivity contribution in [2.24, 2.45) is 0 Å². The van der Waals surface area contributed by atoms with Crippen molar-refractivity contribution in [3.63, 3.8) is 0 Å². The number of nitrogens with zero attached hydrogens (tertiary/aromatic N) is 2. The van der Waals surface area contributed by atoms with Gasteiger partial charge in [-0.05, 0) is 38.1 Å². The number of amides is 1. The number of aromatic carboxylic acids is 1. The molecule has 1 aromatic rings. The fourth-order valence-corrected chi connectivity index (χ4v) is 2.60. The smallest absolute Gasteiger partial charge is 0.338 e. The van der Waals surface area contributed by atoms with Gasteiger partial charge in [0.1, 0.15) is 5.69 Å². The molecule has 2 rings (SSSR count). The van der Waals surface area contributed by atoms with Gasteiger partial charge in [-0.1, -0.05) is 6.92 Å². The molecule has 1 atom stereocenters. The highest BCUT2D eigenvalue weighted by Gasteiger charge is 2.24. The minimum Gasteiger partial charge on any atom is -0.478 e. The molecule has 1 aliphatic heterocycles. The Morgan fingerprint density at radius 1 is 1.55 bits per heavy atom. The number of likely N-dealkylation sites (tertiary alicyclic amines) is 1. The van der Waals surface area contributed by atoms with Crippen LogP contribution in [0.2, 0.25) is 0 Å². The summed E-state index contributed by atoms with van der Waals surface area (Å²) in [5, 5.41) is 11.8. The number of carboxylic acids is 1. The number of hydrogen-bond acceptors (Lipinski definition) is 4. The Morgan fingerprint density at radius 3 is 3.05 bits per heavy atom. The molecule has 1 unspecified atom stereocenters. The first-order valence-electron chi connectivity index (χ1n) is 6.84. The summed E-state index contributed by atoms with van der Waals surface area (Å²) in [6.07, 6.45) is 3.62.